The van der Waals surface area contributed by atoms with Gasteiger partial charge in [-0.2, -0.15) is 27.7 Å². The van der Waals surface area contributed by atoms with Crippen molar-refractivity contribution in [2.24, 2.45) is 0 Å². The minimum atomic E-state index is 0. The molecule has 0 fully saturated rings. The Morgan fingerprint density at radius 1 is 0.444 bits per heavy atom. The van der Waals surface area contributed by atoms with Gasteiger partial charge < -0.3 is 27.7 Å². The molecule has 0 bridgehead atoms. The van der Waals surface area contributed by atoms with E-state index in [2.05, 4.69) is 27.7 Å². The number of rotatable bonds is 0. The average Bonchev–Trinajstić information content (AvgIpc) is 2.03. The van der Waals surface area contributed by atoms with E-state index in [0.29, 0.717) is 0 Å². The van der Waals surface area contributed by atoms with Gasteiger partial charge in [0.1, 0.15) is 0 Å². The standard InChI is InChI=1S/4C2H5.Hf/c4*1-2;/h4*1H2,2H3;/q4*-1;+4. The minimum absolute atomic E-state index is 0. The third-order valence-electron chi connectivity index (χ3n) is 0. The van der Waals surface area contributed by atoms with Crippen LogP contribution in [-0.2, 0) is 25.8 Å². The summed E-state index contributed by atoms with van der Waals surface area (Å²) >= 11 is 0. The van der Waals surface area contributed by atoms with Crippen LogP contribution in [0.15, 0.2) is 0 Å². The molecule has 0 N–H and O–H groups in total. The van der Waals surface area contributed by atoms with Crippen molar-refractivity contribution in [3.63, 3.8) is 0 Å². The molecule has 0 aliphatic heterocycles. The van der Waals surface area contributed by atoms with Crippen molar-refractivity contribution in [2.75, 3.05) is 0 Å². The third-order valence-corrected chi connectivity index (χ3v) is 0. The molecule has 1 heteroatoms. The van der Waals surface area contributed by atoms with Gasteiger partial charge in [0.25, 0.3) is 0 Å². The second kappa shape index (κ2) is 726. The third kappa shape index (κ3) is 553. The Labute approximate surface area is 81.2 Å². The van der Waals surface area contributed by atoms with Crippen molar-refractivity contribution < 1.29 is 25.8 Å². The van der Waals surface area contributed by atoms with E-state index >= 15 is 0 Å². The van der Waals surface area contributed by atoms with Crippen LogP contribution < -0.4 is 0 Å². The van der Waals surface area contributed by atoms with Gasteiger partial charge in [-0.1, -0.05) is 0 Å². The Hall–Kier alpha value is 0.870. The molecule has 0 amide bonds. The van der Waals surface area contributed by atoms with Crippen molar-refractivity contribution in [1.29, 1.82) is 0 Å². The quantitative estimate of drug-likeness (QED) is 0.475. The first-order chi connectivity index (χ1) is 4.00. The van der Waals surface area contributed by atoms with Gasteiger partial charge >= 0.3 is 25.8 Å². The SMILES string of the molecule is [CH2-]C.[CH2-]C.[CH2-]C.[CH2-]C.[Hf+4]. The van der Waals surface area contributed by atoms with Crippen molar-refractivity contribution in [3.8, 4) is 0 Å². The Balaban J connectivity index is -0.00000000762. The second-order valence-electron chi connectivity index (χ2n) is 0. The van der Waals surface area contributed by atoms with Gasteiger partial charge in [-0.15, -0.1) is 0 Å². The zero-order valence-corrected chi connectivity index (χ0v) is 10.9. The maximum atomic E-state index is 3.25. The van der Waals surface area contributed by atoms with Crippen LogP contribution in [0.1, 0.15) is 27.7 Å². The van der Waals surface area contributed by atoms with E-state index in [9.17, 15) is 0 Å². The summed E-state index contributed by atoms with van der Waals surface area (Å²) in [4.78, 5) is 0. The molecule has 0 atom stereocenters. The van der Waals surface area contributed by atoms with Gasteiger partial charge in [-0.05, 0) is 0 Å². The van der Waals surface area contributed by atoms with Crippen LogP contribution in [0.3, 0.4) is 0 Å². The molecular weight excluding hydrogens is 275 g/mol. The second-order valence-corrected chi connectivity index (χ2v) is 0. The summed E-state index contributed by atoms with van der Waals surface area (Å²) in [6, 6.07) is 0. The molecule has 0 unspecified atom stereocenters. The van der Waals surface area contributed by atoms with Gasteiger partial charge in [-0.3, -0.25) is 0 Å². The molecule has 0 nitrogen and oxygen atoms in total. The molecule has 0 rings (SSSR count). The zero-order chi connectivity index (χ0) is 8.00. The fraction of sp³-hybridized carbons (Fsp3) is 0.500. The van der Waals surface area contributed by atoms with E-state index in [4.69, 9.17) is 0 Å². The van der Waals surface area contributed by atoms with Crippen molar-refractivity contribution in [1.82, 2.24) is 0 Å². The van der Waals surface area contributed by atoms with Gasteiger partial charge in [0.2, 0.25) is 0 Å². The predicted octanol–water partition coefficient (Wildman–Crippen LogP) is 3.36. The van der Waals surface area contributed by atoms with Crippen molar-refractivity contribution in [2.45, 2.75) is 27.7 Å². The van der Waals surface area contributed by atoms with Crippen LogP contribution in [0.2, 0.25) is 0 Å². The predicted molar refractivity (Wildman–Crippen MR) is 44.1 cm³/mol. The van der Waals surface area contributed by atoms with E-state index in [-0.39, 0.29) is 25.8 Å². The zero-order valence-electron chi connectivity index (χ0n) is 7.33. The molecule has 0 aromatic carbocycles. The Morgan fingerprint density at radius 2 is 0.444 bits per heavy atom. The maximum absolute atomic E-state index is 3.25. The molecule has 0 saturated heterocycles. The summed E-state index contributed by atoms with van der Waals surface area (Å²) in [5.74, 6) is 0. The van der Waals surface area contributed by atoms with Crippen molar-refractivity contribution in [3.05, 3.63) is 27.7 Å². The normalized spacial score (nSPS) is 2.67. The maximum Gasteiger partial charge on any atom is 4.00 e. The fourth-order valence-corrected chi connectivity index (χ4v) is 0. The molecule has 9 heavy (non-hydrogen) atoms. The Kier molecular flexibility index (Phi) is 2640. The van der Waals surface area contributed by atoms with Crippen molar-refractivity contribution >= 4 is 0 Å². The number of hydrogen-bond acceptors (Lipinski definition) is 0. The largest absolute Gasteiger partial charge is 4.00 e. The fourth-order valence-electron chi connectivity index (χ4n) is 0. The van der Waals surface area contributed by atoms with Gasteiger partial charge in [0.05, 0.1) is 0 Å². The molecule has 0 aromatic rings. The van der Waals surface area contributed by atoms with Gasteiger partial charge in [0, 0.05) is 0 Å². The van der Waals surface area contributed by atoms with E-state index in [1.165, 1.54) is 0 Å². The van der Waals surface area contributed by atoms with Crippen LogP contribution in [0.25, 0.3) is 0 Å². The first-order valence-electron chi connectivity index (χ1n) is 2.83. The summed E-state index contributed by atoms with van der Waals surface area (Å²) in [5, 5.41) is 0. The first kappa shape index (κ1) is 32.7. The van der Waals surface area contributed by atoms with Crippen LogP contribution in [0, 0.1) is 27.7 Å². The average molecular weight is 295 g/mol. The van der Waals surface area contributed by atoms with Crippen LogP contribution in [0.5, 0.6) is 0 Å². The Bertz CT molecular complexity index is 4.53. The summed E-state index contributed by atoms with van der Waals surface area (Å²) < 4.78 is 0. The molecule has 0 saturated carbocycles. The molecule has 0 heterocycles. The monoisotopic (exact) mass is 296 g/mol. The molecular formula is C8H20Hf. The summed E-state index contributed by atoms with van der Waals surface area (Å²) in [6.45, 7) is 20.0. The first-order valence-corrected chi connectivity index (χ1v) is 2.83. The van der Waals surface area contributed by atoms with E-state index in [1.807, 2.05) is 0 Å². The van der Waals surface area contributed by atoms with Crippen LogP contribution >= 0.6 is 0 Å². The topological polar surface area (TPSA) is 0 Å². The molecule has 0 aliphatic carbocycles. The minimum Gasteiger partial charge on any atom is -0.346 e. The van der Waals surface area contributed by atoms with Crippen LogP contribution in [-0.4, -0.2) is 0 Å². The van der Waals surface area contributed by atoms with Crippen LogP contribution in [0.4, 0.5) is 0 Å². The molecule has 0 spiro atoms. The number of hydrogen-bond donors (Lipinski definition) is 0. The Morgan fingerprint density at radius 3 is 0.444 bits per heavy atom. The smallest absolute Gasteiger partial charge is 0.346 e. The molecule has 0 radical (unpaired) electrons. The molecule has 0 aliphatic rings. The van der Waals surface area contributed by atoms with E-state index in [0.717, 1.165) is 0 Å². The summed E-state index contributed by atoms with van der Waals surface area (Å²) in [7, 11) is 0. The summed E-state index contributed by atoms with van der Waals surface area (Å²) in [6.07, 6.45) is 0. The molecule has 56 valence electrons. The molecule has 0 aromatic heterocycles. The van der Waals surface area contributed by atoms with Gasteiger partial charge in [-0.25, -0.2) is 0 Å². The summed E-state index contributed by atoms with van der Waals surface area (Å²) in [5.41, 5.74) is 0. The van der Waals surface area contributed by atoms with Gasteiger partial charge in [0.15, 0.2) is 0 Å². The van der Waals surface area contributed by atoms with E-state index < -0.39 is 0 Å². The van der Waals surface area contributed by atoms with E-state index in [1.54, 1.807) is 27.7 Å².